The van der Waals surface area contributed by atoms with Crippen LogP contribution in [0, 0.1) is 0 Å². The Morgan fingerprint density at radius 2 is 2.21 bits per heavy atom. The molecule has 2 aliphatic rings. The van der Waals surface area contributed by atoms with Gasteiger partial charge in [-0.1, -0.05) is 0 Å². The first-order valence-corrected chi connectivity index (χ1v) is 11.1. The van der Waals surface area contributed by atoms with Gasteiger partial charge in [-0.25, -0.2) is 9.37 Å². The van der Waals surface area contributed by atoms with Gasteiger partial charge >= 0.3 is 0 Å². The van der Waals surface area contributed by atoms with Crippen LogP contribution in [0.15, 0.2) is 35.4 Å². The van der Waals surface area contributed by atoms with E-state index < -0.39 is 18.1 Å². The molecule has 174 valence electrons. The maximum absolute atomic E-state index is 13.2. The number of carbonyl (C=O) groups excluding carboxylic acids is 1. The Balaban J connectivity index is 1.42. The molecule has 11 heteroatoms. The number of hydrogen-bond donors (Lipinski definition) is 3. The number of alkyl halides is 1. The molecular formula is C22H26FN7O3. The van der Waals surface area contributed by atoms with Crippen LogP contribution in [0.25, 0.3) is 5.65 Å². The number of anilines is 3. The van der Waals surface area contributed by atoms with Crippen LogP contribution in [0.1, 0.15) is 36.0 Å². The molecule has 3 aromatic rings. The number of pyridine rings is 1. The number of hydrogen-bond acceptors (Lipinski definition) is 7. The van der Waals surface area contributed by atoms with Crippen molar-refractivity contribution in [1.29, 1.82) is 0 Å². The Kier molecular flexibility index (Phi) is 5.71. The van der Waals surface area contributed by atoms with E-state index in [0.717, 1.165) is 25.9 Å². The number of nitrogens with one attached hydrogen (secondary N) is 3. The second kappa shape index (κ2) is 8.81. The molecule has 1 saturated carbocycles. The molecule has 4 heterocycles. The fourth-order valence-corrected chi connectivity index (χ4v) is 4.01. The lowest BCUT2D eigenvalue weighted by molar-refractivity contribution is 0.00546. The van der Waals surface area contributed by atoms with Crippen molar-refractivity contribution in [3.8, 4) is 0 Å². The first kappa shape index (κ1) is 21.4. The molecular weight excluding hydrogens is 429 g/mol. The summed E-state index contributed by atoms with van der Waals surface area (Å²) in [6, 6.07) is 4.71. The van der Waals surface area contributed by atoms with E-state index in [1.807, 2.05) is 0 Å². The van der Waals surface area contributed by atoms with Crippen molar-refractivity contribution in [1.82, 2.24) is 24.5 Å². The molecule has 3 aromatic heterocycles. The first-order valence-electron chi connectivity index (χ1n) is 11.1. The van der Waals surface area contributed by atoms with Gasteiger partial charge in [0.05, 0.1) is 24.9 Å². The third kappa shape index (κ3) is 4.40. The smallest absolute Gasteiger partial charge is 0.274 e. The predicted molar refractivity (Wildman–Crippen MR) is 121 cm³/mol. The Morgan fingerprint density at radius 1 is 1.36 bits per heavy atom. The van der Waals surface area contributed by atoms with E-state index in [1.54, 1.807) is 36.0 Å². The number of carbonyl (C=O) groups is 1. The fourth-order valence-electron chi connectivity index (χ4n) is 4.01. The molecule has 33 heavy (non-hydrogen) atoms. The molecule has 10 nitrogen and oxygen atoms in total. The van der Waals surface area contributed by atoms with Crippen LogP contribution in [0.3, 0.4) is 0 Å². The number of aromatic nitrogens is 4. The summed E-state index contributed by atoms with van der Waals surface area (Å²) in [6.07, 6.45) is 5.58. The third-order valence-electron chi connectivity index (χ3n) is 5.96. The van der Waals surface area contributed by atoms with Crippen molar-refractivity contribution in [3.63, 3.8) is 0 Å². The summed E-state index contributed by atoms with van der Waals surface area (Å²) in [6.45, 7) is 1.22. The quantitative estimate of drug-likeness (QED) is 0.500. The number of ether oxygens (including phenoxy) is 1. The summed E-state index contributed by atoms with van der Waals surface area (Å²) in [5, 5.41) is 13.0. The van der Waals surface area contributed by atoms with E-state index in [1.165, 1.54) is 10.7 Å². The molecule has 0 unspecified atom stereocenters. The van der Waals surface area contributed by atoms with Gasteiger partial charge in [0, 0.05) is 32.3 Å². The summed E-state index contributed by atoms with van der Waals surface area (Å²) >= 11 is 0. The van der Waals surface area contributed by atoms with E-state index in [9.17, 15) is 14.0 Å². The highest BCUT2D eigenvalue weighted by Crippen LogP contribution is 2.26. The van der Waals surface area contributed by atoms with Crippen molar-refractivity contribution in [2.24, 2.45) is 0 Å². The molecule has 1 aliphatic heterocycles. The summed E-state index contributed by atoms with van der Waals surface area (Å²) in [5.41, 5.74) is 0.698. The topological polar surface area (TPSA) is 115 Å². The van der Waals surface area contributed by atoms with E-state index in [0.29, 0.717) is 35.9 Å². The Labute approximate surface area is 189 Å². The van der Waals surface area contributed by atoms with Crippen molar-refractivity contribution in [3.05, 3.63) is 46.5 Å². The fraction of sp³-hybridized carbons (Fsp3) is 0.455. The number of amides is 1. The molecule has 0 aromatic carbocycles. The minimum atomic E-state index is -1.01. The SMILES string of the molecule is CNc1cc(Nc2cccn(C[C@H]3CCCCO3)c2=O)nc2c(C(=O)N[C@@H]3C[C@@H]3F)cnn12. The van der Waals surface area contributed by atoms with Gasteiger partial charge in [-0.05, 0) is 31.4 Å². The predicted octanol–water partition coefficient (Wildman–Crippen LogP) is 2.09. The number of halogens is 1. The van der Waals surface area contributed by atoms with Gasteiger partial charge in [0.15, 0.2) is 5.65 Å². The molecule has 1 saturated heterocycles. The lowest BCUT2D eigenvalue weighted by Crippen LogP contribution is -2.31. The van der Waals surface area contributed by atoms with Crippen LogP contribution in [0.5, 0.6) is 0 Å². The zero-order chi connectivity index (χ0) is 22.9. The first-order chi connectivity index (χ1) is 16.0. The maximum atomic E-state index is 13.2. The molecule has 0 radical (unpaired) electrons. The molecule has 0 spiro atoms. The molecule has 2 fully saturated rings. The zero-order valence-electron chi connectivity index (χ0n) is 18.3. The van der Waals surface area contributed by atoms with Gasteiger partial charge in [0.2, 0.25) is 0 Å². The lowest BCUT2D eigenvalue weighted by Gasteiger charge is -2.23. The molecule has 5 rings (SSSR count). The van der Waals surface area contributed by atoms with Gasteiger partial charge in [0.1, 0.15) is 29.1 Å². The van der Waals surface area contributed by atoms with Crippen molar-refractivity contribution in [2.75, 3.05) is 24.3 Å². The van der Waals surface area contributed by atoms with Gasteiger partial charge in [-0.15, -0.1) is 0 Å². The maximum Gasteiger partial charge on any atom is 0.274 e. The standard InChI is InChI=1S/C22H26FN7O3/c1-24-19-10-18(28-20-14(11-25-30(19)20)21(31)27-17-9-15(17)23)26-16-6-4-7-29(22(16)32)12-13-5-2-3-8-33-13/h4,6-7,10-11,13,15,17,24H,2-3,5,8-9,12H2,1H3,(H,26,28)(H,27,31)/t13-,15+,17-/m1/s1. The summed E-state index contributed by atoms with van der Waals surface area (Å²) in [7, 11) is 1.72. The van der Waals surface area contributed by atoms with E-state index in [4.69, 9.17) is 4.74 Å². The van der Waals surface area contributed by atoms with Gasteiger partial charge in [0.25, 0.3) is 11.5 Å². The molecule has 1 amide bonds. The van der Waals surface area contributed by atoms with E-state index >= 15 is 0 Å². The average molecular weight is 455 g/mol. The zero-order valence-corrected chi connectivity index (χ0v) is 18.3. The second-order valence-electron chi connectivity index (χ2n) is 8.39. The number of fused-ring (bicyclic) bond motifs is 1. The highest BCUT2D eigenvalue weighted by molar-refractivity contribution is 6.00. The Hall–Kier alpha value is -3.47. The van der Waals surface area contributed by atoms with Crippen LogP contribution >= 0.6 is 0 Å². The second-order valence-corrected chi connectivity index (χ2v) is 8.39. The monoisotopic (exact) mass is 455 g/mol. The van der Waals surface area contributed by atoms with Crippen LogP contribution in [-0.4, -0.2) is 57.0 Å². The van der Waals surface area contributed by atoms with Crippen molar-refractivity contribution >= 4 is 28.9 Å². The molecule has 3 N–H and O–H groups in total. The van der Waals surface area contributed by atoms with Gasteiger partial charge in [-0.2, -0.15) is 9.61 Å². The minimum Gasteiger partial charge on any atom is -0.376 e. The Bertz CT molecular complexity index is 1230. The molecule has 1 aliphatic carbocycles. The minimum absolute atomic E-state index is 0.0281. The van der Waals surface area contributed by atoms with Crippen LogP contribution in [0.4, 0.5) is 21.7 Å². The van der Waals surface area contributed by atoms with Gasteiger partial charge in [-0.3, -0.25) is 9.59 Å². The summed E-state index contributed by atoms with van der Waals surface area (Å²) < 4.78 is 22.1. The van der Waals surface area contributed by atoms with Crippen LogP contribution < -0.4 is 21.5 Å². The summed E-state index contributed by atoms with van der Waals surface area (Å²) in [4.78, 5) is 30.1. The van der Waals surface area contributed by atoms with Crippen LogP contribution in [0.2, 0.25) is 0 Å². The number of nitrogens with zero attached hydrogens (tertiary/aromatic N) is 4. The molecule has 3 atom stereocenters. The average Bonchev–Trinajstić information content (AvgIpc) is 3.33. The largest absolute Gasteiger partial charge is 0.376 e. The van der Waals surface area contributed by atoms with Crippen LogP contribution in [-0.2, 0) is 11.3 Å². The van der Waals surface area contributed by atoms with Gasteiger partial charge < -0.3 is 25.3 Å². The van der Waals surface area contributed by atoms with E-state index in [2.05, 4.69) is 26.0 Å². The van der Waals surface area contributed by atoms with Crippen molar-refractivity contribution in [2.45, 2.75) is 50.5 Å². The highest BCUT2D eigenvalue weighted by Gasteiger charge is 2.39. The normalized spacial score (nSPS) is 22.2. The number of rotatable bonds is 7. The summed E-state index contributed by atoms with van der Waals surface area (Å²) in [5.74, 6) is 0.513. The lowest BCUT2D eigenvalue weighted by atomic mass is 10.1. The molecule has 0 bridgehead atoms. The third-order valence-corrected chi connectivity index (χ3v) is 5.96. The Morgan fingerprint density at radius 3 is 2.94 bits per heavy atom. The van der Waals surface area contributed by atoms with E-state index in [-0.39, 0.29) is 17.2 Å². The highest BCUT2D eigenvalue weighted by atomic mass is 19.1. The van der Waals surface area contributed by atoms with Crippen molar-refractivity contribution < 1.29 is 13.9 Å².